The summed E-state index contributed by atoms with van der Waals surface area (Å²) in [7, 11) is 0. The SMILES string of the molecule is Cc1cccc(NC(=O)c2cc(C)nc(Nc3cccc4cccnc34)n2)c1. The summed E-state index contributed by atoms with van der Waals surface area (Å²) >= 11 is 0. The number of anilines is 3. The predicted octanol–water partition coefficient (Wildman–Crippen LogP) is 4.64. The molecule has 2 aromatic heterocycles. The number of nitrogens with zero attached hydrogens (tertiary/aromatic N) is 3. The third kappa shape index (κ3) is 3.81. The van der Waals surface area contributed by atoms with Gasteiger partial charge in [-0.1, -0.05) is 30.3 Å². The quantitative estimate of drug-likeness (QED) is 0.548. The molecule has 0 bridgehead atoms. The number of rotatable bonds is 4. The molecule has 0 radical (unpaired) electrons. The molecular weight excluding hydrogens is 350 g/mol. The van der Waals surface area contributed by atoms with Crippen LogP contribution in [0.25, 0.3) is 10.9 Å². The Morgan fingerprint density at radius 1 is 0.929 bits per heavy atom. The molecule has 1 amide bonds. The summed E-state index contributed by atoms with van der Waals surface area (Å²) in [5, 5.41) is 7.08. The topological polar surface area (TPSA) is 79.8 Å². The molecule has 0 fully saturated rings. The van der Waals surface area contributed by atoms with Crippen LogP contribution in [0.4, 0.5) is 17.3 Å². The van der Waals surface area contributed by atoms with Gasteiger partial charge in [-0.25, -0.2) is 9.97 Å². The Morgan fingerprint density at radius 3 is 2.61 bits per heavy atom. The van der Waals surface area contributed by atoms with Gasteiger partial charge in [-0.2, -0.15) is 0 Å². The second-order valence-corrected chi connectivity index (χ2v) is 6.55. The monoisotopic (exact) mass is 369 g/mol. The zero-order valence-electron chi connectivity index (χ0n) is 15.6. The molecule has 4 rings (SSSR count). The molecule has 2 N–H and O–H groups in total. The highest BCUT2D eigenvalue weighted by atomic mass is 16.1. The minimum Gasteiger partial charge on any atom is -0.322 e. The summed E-state index contributed by atoms with van der Waals surface area (Å²) in [6.45, 7) is 3.81. The van der Waals surface area contributed by atoms with Crippen molar-refractivity contribution in [3.05, 3.63) is 83.8 Å². The van der Waals surface area contributed by atoms with Crippen LogP contribution in [0.15, 0.2) is 66.9 Å². The highest BCUT2D eigenvalue weighted by Gasteiger charge is 2.12. The lowest BCUT2D eigenvalue weighted by Gasteiger charge is -2.10. The standard InChI is InChI=1S/C22H19N5O/c1-14-6-3-9-17(12-14)25-21(28)19-13-15(2)24-22(27-19)26-18-10-4-7-16-8-5-11-23-20(16)18/h3-13H,1-2H3,(H,25,28)(H,24,26,27). The number of benzene rings is 2. The minimum absolute atomic E-state index is 0.282. The van der Waals surface area contributed by atoms with Gasteiger partial charge in [-0.05, 0) is 49.7 Å². The molecule has 6 heteroatoms. The number of para-hydroxylation sites is 1. The first kappa shape index (κ1) is 17.6. The molecule has 0 spiro atoms. The van der Waals surface area contributed by atoms with Crippen LogP contribution in [0.3, 0.4) is 0 Å². The third-order valence-electron chi connectivity index (χ3n) is 4.24. The van der Waals surface area contributed by atoms with Gasteiger partial charge in [0.15, 0.2) is 0 Å². The second-order valence-electron chi connectivity index (χ2n) is 6.55. The van der Waals surface area contributed by atoms with Crippen molar-refractivity contribution in [3.8, 4) is 0 Å². The van der Waals surface area contributed by atoms with E-state index in [1.165, 1.54) is 0 Å². The number of pyridine rings is 1. The van der Waals surface area contributed by atoms with E-state index in [1.54, 1.807) is 12.3 Å². The third-order valence-corrected chi connectivity index (χ3v) is 4.24. The summed E-state index contributed by atoms with van der Waals surface area (Å²) in [6, 6.07) is 19.0. The fraction of sp³-hybridized carbons (Fsp3) is 0.0909. The normalized spacial score (nSPS) is 10.6. The summed E-state index contributed by atoms with van der Waals surface area (Å²) < 4.78 is 0. The lowest BCUT2D eigenvalue weighted by molar-refractivity contribution is 0.102. The molecule has 0 saturated heterocycles. The number of amides is 1. The first-order valence-electron chi connectivity index (χ1n) is 8.93. The first-order chi connectivity index (χ1) is 13.6. The molecule has 0 aliphatic rings. The second kappa shape index (κ2) is 7.44. The number of hydrogen-bond acceptors (Lipinski definition) is 5. The summed E-state index contributed by atoms with van der Waals surface area (Å²) in [5.74, 6) is 0.0720. The van der Waals surface area contributed by atoms with E-state index < -0.39 is 0 Å². The first-order valence-corrected chi connectivity index (χ1v) is 8.93. The highest BCUT2D eigenvalue weighted by molar-refractivity contribution is 6.03. The summed E-state index contributed by atoms with van der Waals surface area (Å²) in [6.07, 6.45) is 1.74. The summed E-state index contributed by atoms with van der Waals surface area (Å²) in [5.41, 5.74) is 4.40. The van der Waals surface area contributed by atoms with Crippen LogP contribution < -0.4 is 10.6 Å². The zero-order chi connectivity index (χ0) is 19.5. The number of carbonyl (C=O) groups is 1. The molecule has 0 atom stereocenters. The van der Waals surface area contributed by atoms with E-state index >= 15 is 0 Å². The summed E-state index contributed by atoms with van der Waals surface area (Å²) in [4.78, 5) is 25.9. The van der Waals surface area contributed by atoms with Gasteiger partial charge < -0.3 is 10.6 Å². The van der Waals surface area contributed by atoms with Crippen LogP contribution in [-0.4, -0.2) is 20.9 Å². The van der Waals surface area contributed by atoms with Crippen molar-refractivity contribution >= 4 is 34.1 Å². The van der Waals surface area contributed by atoms with Crippen molar-refractivity contribution in [1.82, 2.24) is 15.0 Å². The molecule has 6 nitrogen and oxygen atoms in total. The minimum atomic E-state index is -0.282. The maximum absolute atomic E-state index is 12.7. The Bertz CT molecular complexity index is 1170. The van der Waals surface area contributed by atoms with Crippen molar-refractivity contribution in [2.24, 2.45) is 0 Å². The number of nitrogens with one attached hydrogen (secondary N) is 2. The fourth-order valence-electron chi connectivity index (χ4n) is 2.98. The van der Waals surface area contributed by atoms with Crippen molar-refractivity contribution in [2.75, 3.05) is 10.6 Å². The van der Waals surface area contributed by atoms with Crippen LogP contribution in [0.1, 0.15) is 21.7 Å². The zero-order valence-corrected chi connectivity index (χ0v) is 15.6. The molecule has 0 saturated carbocycles. The molecule has 28 heavy (non-hydrogen) atoms. The van der Waals surface area contributed by atoms with Gasteiger partial charge in [0.2, 0.25) is 5.95 Å². The Hall–Kier alpha value is -3.80. The molecule has 0 aliphatic carbocycles. The maximum atomic E-state index is 12.7. The van der Waals surface area contributed by atoms with Crippen molar-refractivity contribution in [2.45, 2.75) is 13.8 Å². The van der Waals surface area contributed by atoms with E-state index in [0.29, 0.717) is 17.3 Å². The van der Waals surface area contributed by atoms with E-state index in [-0.39, 0.29) is 5.91 Å². The smallest absolute Gasteiger partial charge is 0.274 e. The Balaban J connectivity index is 1.62. The molecule has 2 aromatic carbocycles. The molecular formula is C22H19N5O. The Kier molecular flexibility index (Phi) is 4.68. The van der Waals surface area contributed by atoms with E-state index in [0.717, 1.165) is 27.8 Å². The van der Waals surface area contributed by atoms with Crippen LogP contribution in [-0.2, 0) is 0 Å². The van der Waals surface area contributed by atoms with Gasteiger partial charge in [-0.15, -0.1) is 0 Å². The van der Waals surface area contributed by atoms with E-state index in [2.05, 4.69) is 25.6 Å². The van der Waals surface area contributed by atoms with Crippen LogP contribution in [0.2, 0.25) is 0 Å². The largest absolute Gasteiger partial charge is 0.322 e. The number of aromatic nitrogens is 3. The maximum Gasteiger partial charge on any atom is 0.274 e. The predicted molar refractivity (Wildman–Crippen MR) is 111 cm³/mol. The van der Waals surface area contributed by atoms with E-state index in [9.17, 15) is 4.79 Å². The Morgan fingerprint density at radius 2 is 1.75 bits per heavy atom. The Labute approximate surface area is 162 Å². The van der Waals surface area contributed by atoms with Crippen molar-refractivity contribution in [3.63, 3.8) is 0 Å². The molecule has 2 heterocycles. The number of aryl methyl sites for hydroxylation is 2. The van der Waals surface area contributed by atoms with Gasteiger partial charge in [0.1, 0.15) is 5.69 Å². The average Bonchev–Trinajstić information content (AvgIpc) is 2.68. The lowest BCUT2D eigenvalue weighted by atomic mass is 10.2. The van der Waals surface area contributed by atoms with E-state index in [1.807, 2.05) is 68.4 Å². The van der Waals surface area contributed by atoms with Gasteiger partial charge in [0.05, 0.1) is 11.2 Å². The van der Waals surface area contributed by atoms with Crippen molar-refractivity contribution in [1.29, 1.82) is 0 Å². The van der Waals surface area contributed by atoms with Gasteiger partial charge in [0, 0.05) is 23.0 Å². The average molecular weight is 369 g/mol. The van der Waals surface area contributed by atoms with E-state index in [4.69, 9.17) is 0 Å². The number of fused-ring (bicyclic) bond motifs is 1. The van der Waals surface area contributed by atoms with Crippen LogP contribution in [0, 0.1) is 13.8 Å². The number of hydrogen-bond donors (Lipinski definition) is 2. The van der Waals surface area contributed by atoms with Gasteiger partial charge in [-0.3, -0.25) is 9.78 Å². The molecule has 138 valence electrons. The number of carbonyl (C=O) groups excluding carboxylic acids is 1. The van der Waals surface area contributed by atoms with Crippen LogP contribution >= 0.6 is 0 Å². The molecule has 0 aliphatic heterocycles. The highest BCUT2D eigenvalue weighted by Crippen LogP contribution is 2.23. The molecule has 0 unspecified atom stereocenters. The fourth-order valence-corrected chi connectivity index (χ4v) is 2.98. The van der Waals surface area contributed by atoms with Gasteiger partial charge >= 0.3 is 0 Å². The lowest BCUT2D eigenvalue weighted by Crippen LogP contribution is -2.15. The van der Waals surface area contributed by atoms with Crippen LogP contribution in [0.5, 0.6) is 0 Å². The van der Waals surface area contributed by atoms with Crippen molar-refractivity contribution < 1.29 is 4.79 Å². The molecule has 4 aromatic rings. The van der Waals surface area contributed by atoms with Gasteiger partial charge in [0.25, 0.3) is 5.91 Å².